The molecule has 0 spiro atoms. The Kier molecular flexibility index (Phi) is 4.62. The fourth-order valence-electron chi connectivity index (χ4n) is 2.68. The monoisotopic (exact) mass is 344 g/mol. The Labute approximate surface area is 145 Å². The first kappa shape index (κ1) is 16.6. The van der Waals surface area contributed by atoms with Crippen LogP contribution in [-0.2, 0) is 11.8 Å². The van der Waals surface area contributed by atoms with Crippen molar-refractivity contribution < 1.29 is 9.59 Å². The van der Waals surface area contributed by atoms with E-state index >= 15 is 0 Å². The molecule has 2 amide bonds. The number of nitrogens with one attached hydrogen (secondary N) is 1. The molecule has 0 aliphatic carbocycles. The molecule has 2 aromatic rings. The summed E-state index contributed by atoms with van der Waals surface area (Å²) in [4.78, 5) is 27.0. The quantitative estimate of drug-likeness (QED) is 0.927. The molecule has 1 aliphatic rings. The van der Waals surface area contributed by atoms with Crippen molar-refractivity contribution in [2.24, 2.45) is 7.05 Å². The molecule has 6 nitrogen and oxygen atoms in total. The molecule has 1 atom stereocenters. The SMILES string of the molecule is Cc1ccc(NC(=O)[C@@H]2CSCN2C(=O)c2cc(C)nn2C)cc1. The second-order valence-electron chi connectivity index (χ2n) is 5.94. The van der Waals surface area contributed by atoms with Gasteiger partial charge in [0.15, 0.2) is 0 Å². The van der Waals surface area contributed by atoms with Crippen molar-refractivity contribution >= 4 is 29.3 Å². The molecule has 3 rings (SSSR count). The van der Waals surface area contributed by atoms with Crippen molar-refractivity contribution in [2.75, 3.05) is 16.9 Å². The third-order valence-electron chi connectivity index (χ3n) is 3.99. The van der Waals surface area contributed by atoms with E-state index in [1.165, 1.54) is 0 Å². The highest BCUT2D eigenvalue weighted by Crippen LogP contribution is 2.24. The minimum absolute atomic E-state index is 0.156. The maximum absolute atomic E-state index is 12.8. The molecule has 24 heavy (non-hydrogen) atoms. The van der Waals surface area contributed by atoms with E-state index in [-0.39, 0.29) is 11.8 Å². The molecule has 1 saturated heterocycles. The average Bonchev–Trinajstić information content (AvgIpc) is 3.15. The van der Waals surface area contributed by atoms with E-state index in [2.05, 4.69) is 10.4 Å². The first-order valence-electron chi connectivity index (χ1n) is 7.72. The van der Waals surface area contributed by atoms with Gasteiger partial charge < -0.3 is 10.2 Å². The maximum atomic E-state index is 12.8. The van der Waals surface area contributed by atoms with Crippen molar-refractivity contribution in [3.8, 4) is 0 Å². The van der Waals surface area contributed by atoms with Crippen LogP contribution in [0.25, 0.3) is 0 Å². The predicted molar refractivity (Wildman–Crippen MR) is 95.0 cm³/mol. The zero-order valence-corrected chi connectivity index (χ0v) is 14.8. The Morgan fingerprint density at radius 1 is 1.25 bits per heavy atom. The number of carbonyl (C=O) groups is 2. The zero-order chi connectivity index (χ0) is 17.3. The smallest absolute Gasteiger partial charge is 0.273 e. The number of anilines is 1. The first-order chi connectivity index (χ1) is 11.5. The normalized spacial score (nSPS) is 17.1. The Hall–Kier alpha value is -2.28. The number of rotatable bonds is 3. The van der Waals surface area contributed by atoms with Crippen molar-refractivity contribution in [3.63, 3.8) is 0 Å². The van der Waals surface area contributed by atoms with E-state index in [4.69, 9.17) is 0 Å². The minimum atomic E-state index is -0.473. The van der Waals surface area contributed by atoms with E-state index in [1.807, 2.05) is 38.1 Å². The van der Waals surface area contributed by atoms with Gasteiger partial charge in [-0.15, -0.1) is 11.8 Å². The van der Waals surface area contributed by atoms with Gasteiger partial charge in [-0.25, -0.2) is 0 Å². The highest BCUT2D eigenvalue weighted by atomic mass is 32.2. The molecule has 1 N–H and O–H groups in total. The zero-order valence-electron chi connectivity index (χ0n) is 13.9. The molecule has 1 fully saturated rings. The second kappa shape index (κ2) is 6.68. The summed E-state index contributed by atoms with van der Waals surface area (Å²) >= 11 is 1.58. The van der Waals surface area contributed by atoms with Gasteiger partial charge in [-0.3, -0.25) is 14.3 Å². The van der Waals surface area contributed by atoms with Gasteiger partial charge in [0.2, 0.25) is 5.91 Å². The number of amides is 2. The van der Waals surface area contributed by atoms with Gasteiger partial charge in [0.1, 0.15) is 11.7 Å². The molecule has 126 valence electrons. The molecule has 1 aromatic heterocycles. The standard InChI is InChI=1S/C17H20N4O2S/c1-11-4-6-13(7-5-11)18-16(22)15-9-24-10-21(15)17(23)14-8-12(2)19-20(14)3/h4-8,15H,9-10H2,1-3H3,(H,18,22)/t15-/m0/s1. The molecule has 2 heterocycles. The van der Waals surface area contributed by atoms with Crippen molar-refractivity contribution in [1.82, 2.24) is 14.7 Å². The largest absolute Gasteiger partial charge is 0.324 e. The summed E-state index contributed by atoms with van der Waals surface area (Å²) < 4.78 is 1.57. The number of hydrogen-bond acceptors (Lipinski definition) is 4. The van der Waals surface area contributed by atoms with Crippen molar-refractivity contribution in [1.29, 1.82) is 0 Å². The van der Waals surface area contributed by atoms with Crippen LogP contribution in [0, 0.1) is 13.8 Å². The second-order valence-corrected chi connectivity index (χ2v) is 6.94. The molecule has 1 aliphatic heterocycles. The number of carbonyl (C=O) groups excluding carboxylic acids is 2. The minimum Gasteiger partial charge on any atom is -0.324 e. The lowest BCUT2D eigenvalue weighted by atomic mass is 10.2. The fourth-order valence-corrected chi connectivity index (χ4v) is 3.83. The van der Waals surface area contributed by atoms with Crippen molar-refractivity contribution in [3.05, 3.63) is 47.3 Å². The van der Waals surface area contributed by atoms with Gasteiger partial charge in [-0.1, -0.05) is 17.7 Å². The van der Waals surface area contributed by atoms with E-state index in [0.29, 0.717) is 17.3 Å². The lowest BCUT2D eigenvalue weighted by molar-refractivity contribution is -0.119. The van der Waals surface area contributed by atoms with Gasteiger partial charge in [0.25, 0.3) is 5.91 Å². The van der Waals surface area contributed by atoms with Gasteiger partial charge in [-0.2, -0.15) is 5.10 Å². The van der Waals surface area contributed by atoms with E-state index in [9.17, 15) is 9.59 Å². The third-order valence-corrected chi connectivity index (χ3v) is 5.00. The van der Waals surface area contributed by atoms with Crippen LogP contribution in [0.5, 0.6) is 0 Å². The maximum Gasteiger partial charge on any atom is 0.273 e. The summed E-state index contributed by atoms with van der Waals surface area (Å²) in [5.41, 5.74) is 3.16. The van der Waals surface area contributed by atoms with E-state index in [1.54, 1.807) is 34.5 Å². The molecule has 0 saturated carbocycles. The lowest BCUT2D eigenvalue weighted by Crippen LogP contribution is -2.45. The summed E-state index contributed by atoms with van der Waals surface area (Å²) in [6.45, 7) is 3.84. The third kappa shape index (κ3) is 3.31. The number of hydrogen-bond donors (Lipinski definition) is 1. The Balaban J connectivity index is 1.75. The number of thioether (sulfide) groups is 1. The highest BCUT2D eigenvalue weighted by Gasteiger charge is 2.36. The molecule has 0 radical (unpaired) electrons. The van der Waals surface area contributed by atoms with Gasteiger partial charge >= 0.3 is 0 Å². The summed E-state index contributed by atoms with van der Waals surface area (Å²) in [6, 6.07) is 8.90. The molecule has 1 aromatic carbocycles. The summed E-state index contributed by atoms with van der Waals surface area (Å²) in [6.07, 6.45) is 0. The molecule has 0 unspecified atom stereocenters. The van der Waals surface area contributed by atoms with Gasteiger partial charge in [-0.05, 0) is 32.0 Å². The van der Waals surface area contributed by atoms with Crippen molar-refractivity contribution in [2.45, 2.75) is 19.9 Å². The number of nitrogens with zero attached hydrogens (tertiary/aromatic N) is 3. The average molecular weight is 344 g/mol. The first-order valence-corrected chi connectivity index (χ1v) is 8.88. The van der Waals surface area contributed by atoms with Crippen LogP contribution in [0.4, 0.5) is 5.69 Å². The van der Waals surface area contributed by atoms with Crippen LogP contribution in [0.15, 0.2) is 30.3 Å². The molecular formula is C17H20N4O2S. The number of aromatic nitrogens is 2. The predicted octanol–water partition coefficient (Wildman–Crippen LogP) is 2.19. The van der Waals surface area contributed by atoms with Crippen LogP contribution in [0.1, 0.15) is 21.7 Å². The summed E-state index contributed by atoms with van der Waals surface area (Å²) in [7, 11) is 1.74. The summed E-state index contributed by atoms with van der Waals surface area (Å²) in [5, 5.41) is 7.11. The number of benzene rings is 1. The molecule has 0 bridgehead atoms. The fraction of sp³-hybridized carbons (Fsp3) is 0.353. The molecular weight excluding hydrogens is 324 g/mol. The van der Waals surface area contributed by atoms with E-state index < -0.39 is 6.04 Å². The topological polar surface area (TPSA) is 67.2 Å². The van der Waals surface area contributed by atoms with Gasteiger partial charge in [0, 0.05) is 18.5 Å². The lowest BCUT2D eigenvalue weighted by Gasteiger charge is -2.23. The van der Waals surface area contributed by atoms with Crippen LogP contribution >= 0.6 is 11.8 Å². The van der Waals surface area contributed by atoms with Crippen LogP contribution in [0.3, 0.4) is 0 Å². The Morgan fingerprint density at radius 3 is 2.58 bits per heavy atom. The summed E-state index contributed by atoms with van der Waals surface area (Å²) in [5.74, 6) is 0.790. The van der Waals surface area contributed by atoms with E-state index in [0.717, 1.165) is 16.9 Å². The highest BCUT2D eigenvalue weighted by molar-refractivity contribution is 7.99. The Morgan fingerprint density at radius 2 is 1.96 bits per heavy atom. The Bertz CT molecular complexity index is 769. The van der Waals surface area contributed by atoms with Crippen LogP contribution in [0.2, 0.25) is 0 Å². The number of aryl methyl sites for hydroxylation is 3. The molecule has 7 heteroatoms. The van der Waals surface area contributed by atoms with Crippen LogP contribution < -0.4 is 5.32 Å². The van der Waals surface area contributed by atoms with Gasteiger partial charge in [0.05, 0.1) is 11.6 Å². The van der Waals surface area contributed by atoms with Crippen LogP contribution in [-0.4, -0.2) is 44.2 Å².